The number of amides is 3. The molecule has 10 nitrogen and oxygen atoms in total. The SMILES string of the molecule is CC(C)(C)OC(=O)NCCCCCNC(=O)CC[C@@H](NC(=O)OCC1c2ccccc2-c2ccccc21)C(=O)OCc1ccccc1. The number of fused-ring (bicyclic) bond motifs is 3. The molecule has 3 amide bonds. The van der Waals surface area contributed by atoms with Crippen LogP contribution in [0.2, 0.25) is 0 Å². The van der Waals surface area contributed by atoms with Crippen LogP contribution in [0.4, 0.5) is 9.59 Å². The van der Waals surface area contributed by atoms with Crippen molar-refractivity contribution in [2.45, 2.75) is 77.0 Å². The van der Waals surface area contributed by atoms with Crippen LogP contribution in [0.1, 0.15) is 75.5 Å². The van der Waals surface area contributed by atoms with Crippen LogP contribution in [0.15, 0.2) is 78.9 Å². The van der Waals surface area contributed by atoms with Crippen molar-refractivity contribution in [3.63, 3.8) is 0 Å². The molecule has 10 heteroatoms. The number of carbonyl (C=O) groups excluding carboxylic acids is 4. The first kappa shape index (κ1) is 35.0. The second-order valence-corrected chi connectivity index (χ2v) is 12.5. The number of hydrogen-bond acceptors (Lipinski definition) is 7. The second-order valence-electron chi connectivity index (χ2n) is 12.5. The molecule has 47 heavy (non-hydrogen) atoms. The molecule has 0 spiro atoms. The molecule has 0 unspecified atom stereocenters. The molecule has 1 atom stereocenters. The quantitative estimate of drug-likeness (QED) is 0.102. The van der Waals surface area contributed by atoms with E-state index in [1.165, 1.54) is 0 Å². The Hall–Kier alpha value is -4.86. The average molecular weight is 644 g/mol. The Morgan fingerprint density at radius 3 is 1.96 bits per heavy atom. The van der Waals surface area contributed by atoms with Gasteiger partial charge in [0.1, 0.15) is 24.9 Å². The average Bonchev–Trinajstić information content (AvgIpc) is 3.37. The van der Waals surface area contributed by atoms with Gasteiger partial charge in [-0.15, -0.1) is 0 Å². The molecule has 0 saturated heterocycles. The molecule has 0 fully saturated rings. The summed E-state index contributed by atoms with van der Waals surface area (Å²) in [6.07, 6.45) is 1.12. The van der Waals surface area contributed by atoms with Gasteiger partial charge in [0.05, 0.1) is 0 Å². The first-order valence-electron chi connectivity index (χ1n) is 16.2. The van der Waals surface area contributed by atoms with Crippen LogP contribution in [-0.4, -0.2) is 55.4 Å². The Bertz CT molecular complexity index is 1460. The third kappa shape index (κ3) is 11.2. The van der Waals surface area contributed by atoms with E-state index in [1.807, 2.05) is 87.5 Å². The van der Waals surface area contributed by atoms with Crippen LogP contribution in [0.25, 0.3) is 11.1 Å². The van der Waals surface area contributed by atoms with Crippen LogP contribution in [-0.2, 0) is 30.4 Å². The summed E-state index contributed by atoms with van der Waals surface area (Å²) in [7, 11) is 0. The monoisotopic (exact) mass is 643 g/mol. The van der Waals surface area contributed by atoms with E-state index in [4.69, 9.17) is 14.2 Å². The molecule has 1 aliphatic rings. The zero-order chi connectivity index (χ0) is 33.6. The maximum atomic E-state index is 13.1. The molecule has 250 valence electrons. The van der Waals surface area contributed by atoms with E-state index < -0.39 is 29.8 Å². The van der Waals surface area contributed by atoms with Gasteiger partial charge >= 0.3 is 18.2 Å². The zero-order valence-electron chi connectivity index (χ0n) is 27.4. The summed E-state index contributed by atoms with van der Waals surface area (Å²) in [5.41, 5.74) is 4.65. The fourth-order valence-electron chi connectivity index (χ4n) is 5.38. The number of ether oxygens (including phenoxy) is 3. The normalized spacial score (nSPS) is 12.7. The molecule has 0 saturated carbocycles. The summed E-state index contributed by atoms with van der Waals surface area (Å²) in [6.45, 7) is 6.50. The highest BCUT2D eigenvalue weighted by molar-refractivity contribution is 5.83. The van der Waals surface area contributed by atoms with Crippen LogP contribution in [0.3, 0.4) is 0 Å². The molecule has 0 heterocycles. The zero-order valence-corrected chi connectivity index (χ0v) is 27.4. The molecule has 0 bridgehead atoms. The van der Waals surface area contributed by atoms with E-state index in [9.17, 15) is 19.2 Å². The maximum Gasteiger partial charge on any atom is 0.407 e. The number of rotatable bonds is 15. The number of nitrogens with one attached hydrogen (secondary N) is 3. The summed E-state index contributed by atoms with van der Waals surface area (Å²) in [6, 6.07) is 24.2. The number of hydrogen-bond donors (Lipinski definition) is 3. The predicted molar refractivity (Wildman–Crippen MR) is 179 cm³/mol. The van der Waals surface area contributed by atoms with Crippen molar-refractivity contribution in [2.75, 3.05) is 19.7 Å². The van der Waals surface area contributed by atoms with Gasteiger partial charge in [-0.25, -0.2) is 14.4 Å². The second kappa shape index (κ2) is 17.2. The van der Waals surface area contributed by atoms with Gasteiger partial charge in [0.2, 0.25) is 5.91 Å². The number of unbranched alkanes of at least 4 members (excludes halogenated alkanes) is 2. The van der Waals surface area contributed by atoms with Crippen molar-refractivity contribution in [1.82, 2.24) is 16.0 Å². The summed E-state index contributed by atoms with van der Waals surface area (Å²) in [5, 5.41) is 8.20. The van der Waals surface area contributed by atoms with Gasteiger partial charge in [0.25, 0.3) is 0 Å². The fourth-order valence-corrected chi connectivity index (χ4v) is 5.38. The van der Waals surface area contributed by atoms with Crippen molar-refractivity contribution >= 4 is 24.1 Å². The molecule has 3 aromatic rings. The largest absolute Gasteiger partial charge is 0.459 e. The Balaban J connectivity index is 1.24. The third-order valence-electron chi connectivity index (χ3n) is 7.65. The smallest absolute Gasteiger partial charge is 0.407 e. The van der Waals surface area contributed by atoms with Gasteiger partial charge in [-0.1, -0.05) is 78.9 Å². The van der Waals surface area contributed by atoms with E-state index in [2.05, 4.69) is 28.1 Å². The van der Waals surface area contributed by atoms with Crippen LogP contribution in [0, 0.1) is 0 Å². The van der Waals surface area contributed by atoms with Crippen LogP contribution in [0.5, 0.6) is 0 Å². The fraction of sp³-hybridized carbons (Fsp3) is 0.405. The van der Waals surface area contributed by atoms with Gasteiger partial charge < -0.3 is 30.2 Å². The number of alkyl carbamates (subject to hydrolysis) is 2. The molecule has 0 aliphatic heterocycles. The van der Waals surface area contributed by atoms with E-state index >= 15 is 0 Å². The van der Waals surface area contributed by atoms with Crippen molar-refractivity contribution in [1.29, 1.82) is 0 Å². The minimum Gasteiger partial charge on any atom is -0.459 e. The highest BCUT2D eigenvalue weighted by Crippen LogP contribution is 2.44. The minimum atomic E-state index is -1.07. The molecule has 4 rings (SSSR count). The number of carbonyl (C=O) groups is 4. The van der Waals surface area contributed by atoms with Gasteiger partial charge in [-0.3, -0.25) is 4.79 Å². The Morgan fingerprint density at radius 2 is 1.32 bits per heavy atom. The molecular weight excluding hydrogens is 598 g/mol. The molecule has 1 aliphatic carbocycles. The first-order chi connectivity index (χ1) is 22.6. The highest BCUT2D eigenvalue weighted by Gasteiger charge is 2.30. The lowest BCUT2D eigenvalue weighted by atomic mass is 9.98. The van der Waals surface area contributed by atoms with Gasteiger partial charge in [0, 0.05) is 25.4 Å². The molecule has 0 aromatic heterocycles. The van der Waals surface area contributed by atoms with Crippen LogP contribution >= 0.6 is 0 Å². The number of esters is 1. The van der Waals surface area contributed by atoms with E-state index in [-0.39, 0.29) is 37.9 Å². The standard InChI is InChI=1S/C37H45N3O7/c1-37(2,3)47-35(43)39-23-13-5-12-22-38-33(41)21-20-32(34(42)45-24-26-14-6-4-7-15-26)40-36(44)46-25-31-29-18-10-8-16-27(29)28-17-9-11-19-30(28)31/h4,6-11,14-19,31-32H,5,12-13,20-25H2,1-3H3,(H,38,41)(H,39,43)(H,40,44)/t32-/m1/s1. The summed E-state index contributed by atoms with van der Waals surface area (Å²) in [4.78, 5) is 50.4. The maximum absolute atomic E-state index is 13.1. The van der Waals surface area contributed by atoms with Crippen molar-refractivity contribution in [3.8, 4) is 11.1 Å². The van der Waals surface area contributed by atoms with Gasteiger partial charge in [0.15, 0.2) is 0 Å². The minimum absolute atomic E-state index is 0.00889. The lowest BCUT2D eigenvalue weighted by Gasteiger charge is -2.19. The lowest BCUT2D eigenvalue weighted by molar-refractivity contribution is -0.147. The summed E-state index contributed by atoms with van der Waals surface area (Å²) < 4.78 is 16.4. The lowest BCUT2D eigenvalue weighted by Crippen LogP contribution is -2.43. The molecule has 3 aromatic carbocycles. The molecule has 0 radical (unpaired) electrons. The highest BCUT2D eigenvalue weighted by atomic mass is 16.6. The molecular formula is C37H45N3O7. The van der Waals surface area contributed by atoms with Gasteiger partial charge in [-0.2, -0.15) is 0 Å². The van der Waals surface area contributed by atoms with Crippen molar-refractivity contribution in [3.05, 3.63) is 95.6 Å². The molecule has 3 N–H and O–H groups in total. The van der Waals surface area contributed by atoms with E-state index in [1.54, 1.807) is 0 Å². The first-order valence-corrected chi connectivity index (χ1v) is 16.2. The Labute approximate surface area is 276 Å². The third-order valence-corrected chi connectivity index (χ3v) is 7.65. The van der Waals surface area contributed by atoms with E-state index in [0.717, 1.165) is 47.1 Å². The van der Waals surface area contributed by atoms with Crippen molar-refractivity contribution < 1.29 is 33.4 Å². The summed E-state index contributed by atoms with van der Waals surface area (Å²) >= 11 is 0. The Kier molecular flexibility index (Phi) is 12.8. The van der Waals surface area contributed by atoms with E-state index in [0.29, 0.717) is 13.1 Å². The van der Waals surface area contributed by atoms with Crippen LogP contribution < -0.4 is 16.0 Å². The topological polar surface area (TPSA) is 132 Å². The Morgan fingerprint density at radius 1 is 0.723 bits per heavy atom. The van der Waals surface area contributed by atoms with Gasteiger partial charge in [-0.05, 0) is 74.3 Å². The van der Waals surface area contributed by atoms with Crippen molar-refractivity contribution in [2.24, 2.45) is 0 Å². The number of benzene rings is 3. The summed E-state index contributed by atoms with van der Waals surface area (Å²) in [5.74, 6) is -1.02. The predicted octanol–water partition coefficient (Wildman–Crippen LogP) is 6.23.